The van der Waals surface area contributed by atoms with Crippen LogP contribution in [0.2, 0.25) is 0 Å². The smallest absolute Gasteiger partial charge is 0.0255 e. The maximum absolute atomic E-state index is 2.19. The normalized spacial score (nSPS) is 10.8. The lowest BCUT2D eigenvalue weighted by Crippen LogP contribution is -1.79. The second-order valence-electron chi connectivity index (χ2n) is 2.92. The molecule has 0 radical (unpaired) electrons. The number of benzene rings is 1. The average molecular weight is 146 g/mol. The minimum absolute atomic E-state index is 1.30. The van der Waals surface area contributed by atoms with Gasteiger partial charge in [-0.05, 0) is 26.3 Å². The van der Waals surface area contributed by atoms with Gasteiger partial charge in [0, 0.05) is 0 Å². The van der Waals surface area contributed by atoms with E-state index in [1.54, 1.807) is 0 Å². The molecule has 0 saturated carbocycles. The molecule has 0 N–H and O–H groups in total. The fraction of sp³-hybridized carbons (Fsp3) is 0.273. The van der Waals surface area contributed by atoms with Gasteiger partial charge in [-0.25, -0.2) is 0 Å². The van der Waals surface area contributed by atoms with E-state index in [4.69, 9.17) is 0 Å². The molecule has 1 rings (SSSR count). The lowest BCUT2D eigenvalue weighted by atomic mass is 10.1. The molecule has 1 aromatic carbocycles. The summed E-state index contributed by atoms with van der Waals surface area (Å²) in [5, 5.41) is 0. The van der Waals surface area contributed by atoms with Gasteiger partial charge in [-0.3, -0.25) is 0 Å². The molecule has 0 aliphatic rings. The molecular formula is C11H14. The molecule has 0 fully saturated rings. The van der Waals surface area contributed by atoms with Crippen LogP contribution in [0.3, 0.4) is 0 Å². The van der Waals surface area contributed by atoms with Crippen LogP contribution in [0.1, 0.15) is 23.6 Å². The van der Waals surface area contributed by atoms with E-state index in [0.717, 1.165) is 0 Å². The maximum Gasteiger partial charge on any atom is -0.0255 e. The molecule has 0 aromatic heterocycles. The molecule has 0 atom stereocenters. The Morgan fingerprint density at radius 1 is 1.00 bits per heavy atom. The molecule has 0 heterocycles. The summed E-state index contributed by atoms with van der Waals surface area (Å²) >= 11 is 0. The lowest BCUT2D eigenvalue weighted by molar-refractivity contribution is 1.37. The third-order valence-electron chi connectivity index (χ3n) is 1.60. The molecule has 0 aliphatic carbocycles. The fourth-order valence-corrected chi connectivity index (χ4v) is 1.30. The molecular weight excluding hydrogens is 132 g/mol. The van der Waals surface area contributed by atoms with Crippen molar-refractivity contribution < 1.29 is 0 Å². The number of aryl methyl sites for hydroxylation is 2. The summed E-state index contributed by atoms with van der Waals surface area (Å²) in [4.78, 5) is 0. The van der Waals surface area contributed by atoms with Crippen molar-refractivity contribution in [2.45, 2.75) is 20.8 Å². The van der Waals surface area contributed by atoms with Gasteiger partial charge in [0.2, 0.25) is 0 Å². The monoisotopic (exact) mass is 146 g/mol. The molecule has 0 bridgehead atoms. The van der Waals surface area contributed by atoms with Gasteiger partial charge < -0.3 is 0 Å². The van der Waals surface area contributed by atoms with Crippen molar-refractivity contribution in [3.63, 3.8) is 0 Å². The molecule has 0 aliphatic heterocycles. The van der Waals surface area contributed by atoms with Crippen molar-refractivity contribution >= 4 is 6.08 Å². The second-order valence-corrected chi connectivity index (χ2v) is 2.92. The van der Waals surface area contributed by atoms with Gasteiger partial charge in [-0.1, -0.05) is 41.5 Å². The maximum atomic E-state index is 2.19. The number of hydrogen-bond donors (Lipinski definition) is 0. The van der Waals surface area contributed by atoms with Gasteiger partial charge in [-0.15, -0.1) is 0 Å². The minimum atomic E-state index is 1.30. The van der Waals surface area contributed by atoms with Crippen molar-refractivity contribution in [2.24, 2.45) is 0 Å². The van der Waals surface area contributed by atoms with Crippen LogP contribution in [-0.4, -0.2) is 0 Å². The van der Waals surface area contributed by atoms with Crippen LogP contribution >= 0.6 is 0 Å². The van der Waals surface area contributed by atoms with E-state index in [2.05, 4.69) is 44.2 Å². The van der Waals surface area contributed by atoms with Crippen molar-refractivity contribution in [3.05, 3.63) is 41.0 Å². The Bertz CT molecular complexity index is 249. The first-order valence-corrected chi connectivity index (χ1v) is 3.93. The van der Waals surface area contributed by atoms with E-state index < -0.39 is 0 Å². The molecule has 0 spiro atoms. The molecule has 0 nitrogen and oxygen atoms in total. The van der Waals surface area contributed by atoms with Gasteiger partial charge in [0.1, 0.15) is 0 Å². The van der Waals surface area contributed by atoms with Gasteiger partial charge in [-0.2, -0.15) is 0 Å². The molecule has 0 unspecified atom stereocenters. The highest BCUT2D eigenvalue weighted by molar-refractivity contribution is 5.51. The van der Waals surface area contributed by atoms with E-state index in [0.29, 0.717) is 0 Å². The fourth-order valence-electron chi connectivity index (χ4n) is 1.30. The summed E-state index contributed by atoms with van der Waals surface area (Å²) in [5.74, 6) is 0. The van der Waals surface area contributed by atoms with Crippen LogP contribution in [0, 0.1) is 13.8 Å². The van der Waals surface area contributed by atoms with Gasteiger partial charge in [0.15, 0.2) is 0 Å². The highest BCUT2D eigenvalue weighted by Crippen LogP contribution is 2.09. The number of rotatable bonds is 1. The largest absolute Gasteiger partial charge is 0.0871 e. The molecule has 58 valence electrons. The standard InChI is InChI=1S/C11H14/c1-4-5-11-7-9(2)6-10(3)8-11/h4-8H,1-3H3/b5-4+. The van der Waals surface area contributed by atoms with Crippen molar-refractivity contribution in [2.75, 3.05) is 0 Å². The summed E-state index contributed by atoms with van der Waals surface area (Å²) in [6.45, 7) is 6.29. The Hall–Kier alpha value is -1.04. The highest BCUT2D eigenvalue weighted by atomic mass is 14.0. The molecule has 0 heteroatoms. The van der Waals surface area contributed by atoms with Gasteiger partial charge in [0.25, 0.3) is 0 Å². The SMILES string of the molecule is C/C=C/c1cc(C)cc(C)c1. The van der Waals surface area contributed by atoms with E-state index >= 15 is 0 Å². The van der Waals surface area contributed by atoms with Crippen LogP contribution in [0.4, 0.5) is 0 Å². The predicted octanol–water partition coefficient (Wildman–Crippen LogP) is 3.34. The second kappa shape index (κ2) is 3.38. The Morgan fingerprint density at radius 2 is 1.55 bits per heavy atom. The molecule has 11 heavy (non-hydrogen) atoms. The first-order chi connectivity index (χ1) is 5.22. The van der Waals surface area contributed by atoms with Crippen LogP contribution in [0.25, 0.3) is 6.08 Å². The van der Waals surface area contributed by atoms with E-state index in [-0.39, 0.29) is 0 Å². The Kier molecular flexibility index (Phi) is 2.48. The number of allylic oxidation sites excluding steroid dienone is 1. The van der Waals surface area contributed by atoms with Crippen LogP contribution in [0.15, 0.2) is 24.3 Å². The summed E-state index contributed by atoms with van der Waals surface area (Å²) in [7, 11) is 0. The van der Waals surface area contributed by atoms with E-state index in [1.165, 1.54) is 16.7 Å². The zero-order valence-electron chi connectivity index (χ0n) is 7.39. The average Bonchev–Trinajstić information content (AvgIpc) is 1.85. The Morgan fingerprint density at radius 3 is 2.00 bits per heavy atom. The lowest BCUT2D eigenvalue weighted by Gasteiger charge is -1.98. The van der Waals surface area contributed by atoms with Crippen molar-refractivity contribution in [1.29, 1.82) is 0 Å². The van der Waals surface area contributed by atoms with Crippen LogP contribution < -0.4 is 0 Å². The Labute approximate surface area is 68.6 Å². The Balaban J connectivity index is 3.08. The first kappa shape index (κ1) is 8.06. The highest BCUT2D eigenvalue weighted by Gasteiger charge is 1.89. The zero-order chi connectivity index (χ0) is 8.27. The van der Waals surface area contributed by atoms with Crippen LogP contribution in [-0.2, 0) is 0 Å². The van der Waals surface area contributed by atoms with Crippen LogP contribution in [0.5, 0.6) is 0 Å². The predicted molar refractivity (Wildman–Crippen MR) is 50.6 cm³/mol. The summed E-state index contributed by atoms with van der Waals surface area (Å²) in [6, 6.07) is 6.56. The van der Waals surface area contributed by atoms with Gasteiger partial charge >= 0.3 is 0 Å². The minimum Gasteiger partial charge on any atom is -0.0871 e. The van der Waals surface area contributed by atoms with E-state index in [1.807, 2.05) is 6.92 Å². The van der Waals surface area contributed by atoms with Crippen molar-refractivity contribution in [3.8, 4) is 0 Å². The summed E-state index contributed by atoms with van der Waals surface area (Å²) < 4.78 is 0. The third kappa shape index (κ3) is 2.23. The first-order valence-electron chi connectivity index (χ1n) is 3.93. The molecule has 0 amide bonds. The quantitative estimate of drug-likeness (QED) is 0.570. The summed E-state index contributed by atoms with van der Waals surface area (Å²) in [5.41, 5.74) is 3.96. The molecule has 0 saturated heterocycles. The zero-order valence-corrected chi connectivity index (χ0v) is 7.39. The number of hydrogen-bond acceptors (Lipinski definition) is 0. The summed E-state index contributed by atoms with van der Waals surface area (Å²) in [6.07, 6.45) is 4.19. The third-order valence-corrected chi connectivity index (χ3v) is 1.60. The molecule has 1 aromatic rings. The van der Waals surface area contributed by atoms with E-state index in [9.17, 15) is 0 Å². The van der Waals surface area contributed by atoms with Gasteiger partial charge in [0.05, 0.1) is 0 Å². The van der Waals surface area contributed by atoms with Crippen molar-refractivity contribution in [1.82, 2.24) is 0 Å². The topological polar surface area (TPSA) is 0 Å².